The van der Waals surface area contributed by atoms with Crippen molar-refractivity contribution in [2.24, 2.45) is 0 Å². The molecule has 3 fully saturated rings. The lowest BCUT2D eigenvalue weighted by Gasteiger charge is -2.35. The fourth-order valence-electron chi connectivity index (χ4n) is 5.56. The third kappa shape index (κ3) is 3.84. The minimum absolute atomic E-state index is 0.247. The minimum Gasteiger partial charge on any atom is -0.331 e. The summed E-state index contributed by atoms with van der Waals surface area (Å²) in [4.78, 5) is 48.3. The van der Waals surface area contributed by atoms with Crippen LogP contribution in [0.5, 0.6) is 0 Å². The van der Waals surface area contributed by atoms with Crippen molar-refractivity contribution in [1.29, 1.82) is 0 Å². The molecule has 5 rings (SSSR count). The predicted molar refractivity (Wildman–Crippen MR) is 120 cm³/mol. The summed E-state index contributed by atoms with van der Waals surface area (Å²) in [5.74, 6) is 0.339. The summed E-state index contributed by atoms with van der Waals surface area (Å²) in [5, 5.41) is 7.25. The topological polar surface area (TPSA) is 102 Å². The first-order valence-corrected chi connectivity index (χ1v) is 11.9. The molecule has 10 heteroatoms. The molecule has 1 spiro atoms. The van der Waals surface area contributed by atoms with Gasteiger partial charge in [-0.05, 0) is 43.4 Å². The van der Waals surface area contributed by atoms with Crippen LogP contribution in [-0.2, 0) is 16.0 Å². The van der Waals surface area contributed by atoms with Gasteiger partial charge in [0.25, 0.3) is 5.91 Å². The average Bonchev–Trinajstić information content (AvgIpc) is 3.55. The number of halogens is 1. The zero-order valence-electron chi connectivity index (χ0n) is 19.3. The monoisotopic (exact) mass is 468 g/mol. The molecule has 34 heavy (non-hydrogen) atoms. The van der Waals surface area contributed by atoms with E-state index in [-0.39, 0.29) is 30.2 Å². The van der Waals surface area contributed by atoms with Crippen molar-refractivity contribution < 1.29 is 18.8 Å². The highest BCUT2D eigenvalue weighted by molar-refractivity contribution is 6.09. The van der Waals surface area contributed by atoms with Gasteiger partial charge in [0.05, 0.1) is 6.04 Å². The molecule has 2 aromatic rings. The van der Waals surface area contributed by atoms with Crippen molar-refractivity contribution in [3.05, 3.63) is 47.3 Å². The Morgan fingerprint density at radius 2 is 1.88 bits per heavy atom. The molecule has 0 bridgehead atoms. The number of aromatic amines is 1. The molecule has 3 heterocycles. The summed E-state index contributed by atoms with van der Waals surface area (Å²) >= 11 is 0. The summed E-state index contributed by atoms with van der Waals surface area (Å²) in [6.45, 7) is 0.273. The smallest absolute Gasteiger partial charge is 0.327 e. The van der Waals surface area contributed by atoms with E-state index in [1.807, 2.05) is 0 Å². The molecule has 9 nitrogen and oxygen atoms in total. The van der Waals surface area contributed by atoms with Crippen LogP contribution < -0.4 is 0 Å². The number of H-pyrrole nitrogens is 1. The Hall–Kier alpha value is -3.30. The number of aromatic nitrogens is 3. The first-order valence-electron chi connectivity index (χ1n) is 11.9. The Morgan fingerprint density at radius 1 is 1.15 bits per heavy atom. The number of amides is 4. The molecule has 2 aliphatic heterocycles. The molecule has 1 atom stereocenters. The highest BCUT2D eigenvalue weighted by Gasteiger charge is 2.56. The fourth-order valence-corrected chi connectivity index (χ4v) is 5.56. The molecule has 0 unspecified atom stereocenters. The van der Waals surface area contributed by atoms with Gasteiger partial charge in [-0.15, -0.1) is 0 Å². The second-order valence-electron chi connectivity index (χ2n) is 9.51. The van der Waals surface area contributed by atoms with E-state index in [4.69, 9.17) is 0 Å². The van der Waals surface area contributed by atoms with Crippen LogP contribution in [0, 0.1) is 5.82 Å². The van der Waals surface area contributed by atoms with Crippen molar-refractivity contribution in [2.75, 3.05) is 20.1 Å². The Balaban J connectivity index is 1.27. The van der Waals surface area contributed by atoms with E-state index in [1.165, 1.54) is 12.1 Å². The summed E-state index contributed by atoms with van der Waals surface area (Å²) < 4.78 is 13.2. The number of nitrogens with one attached hydrogen (secondary N) is 1. The lowest BCUT2D eigenvalue weighted by Crippen LogP contribution is -2.49. The number of hydrogen-bond acceptors (Lipinski definition) is 5. The highest BCUT2D eigenvalue weighted by Crippen LogP contribution is 2.39. The van der Waals surface area contributed by atoms with Gasteiger partial charge in [-0.2, -0.15) is 5.10 Å². The van der Waals surface area contributed by atoms with Crippen LogP contribution in [0.25, 0.3) is 0 Å². The second kappa shape index (κ2) is 8.81. The Bertz CT molecular complexity index is 1090. The number of carbonyl (C=O) groups is 3. The van der Waals surface area contributed by atoms with Gasteiger partial charge >= 0.3 is 6.03 Å². The van der Waals surface area contributed by atoms with Gasteiger partial charge in [-0.25, -0.2) is 14.2 Å². The summed E-state index contributed by atoms with van der Waals surface area (Å²) in [5.41, 5.74) is 0.106. The number of benzene rings is 1. The summed E-state index contributed by atoms with van der Waals surface area (Å²) in [7, 11) is 1.67. The van der Waals surface area contributed by atoms with Crippen LogP contribution in [0.1, 0.15) is 68.2 Å². The van der Waals surface area contributed by atoms with Gasteiger partial charge < -0.3 is 9.80 Å². The van der Waals surface area contributed by atoms with Crippen LogP contribution >= 0.6 is 0 Å². The number of imide groups is 1. The van der Waals surface area contributed by atoms with E-state index in [0.29, 0.717) is 43.9 Å². The number of likely N-dealkylation sites (N-methyl/N-ethyl adjacent to an activating group) is 1. The van der Waals surface area contributed by atoms with E-state index in [9.17, 15) is 18.8 Å². The third-order valence-electron chi connectivity index (χ3n) is 7.48. The van der Waals surface area contributed by atoms with Crippen LogP contribution in [0.4, 0.5) is 9.18 Å². The number of urea groups is 1. The van der Waals surface area contributed by atoms with Gasteiger partial charge in [0, 0.05) is 20.0 Å². The molecule has 1 N–H and O–H groups in total. The van der Waals surface area contributed by atoms with Crippen LogP contribution in [0.2, 0.25) is 0 Å². The molecule has 1 aromatic carbocycles. The van der Waals surface area contributed by atoms with Crippen molar-refractivity contribution >= 4 is 17.8 Å². The molecular formula is C24H29FN6O3. The first kappa shape index (κ1) is 22.5. The molecule has 2 saturated heterocycles. The van der Waals surface area contributed by atoms with Gasteiger partial charge in [0.15, 0.2) is 5.82 Å². The zero-order valence-corrected chi connectivity index (χ0v) is 19.3. The summed E-state index contributed by atoms with van der Waals surface area (Å²) in [6, 6.07) is 5.50. The molecule has 1 aliphatic carbocycles. The van der Waals surface area contributed by atoms with E-state index < -0.39 is 11.6 Å². The van der Waals surface area contributed by atoms with Crippen molar-refractivity contribution in [2.45, 2.75) is 62.9 Å². The highest BCUT2D eigenvalue weighted by atomic mass is 19.1. The van der Waals surface area contributed by atoms with Crippen molar-refractivity contribution in [3.63, 3.8) is 0 Å². The van der Waals surface area contributed by atoms with Gasteiger partial charge in [0.1, 0.15) is 23.7 Å². The molecular weight excluding hydrogens is 439 g/mol. The number of nitrogens with zero attached hydrogens (tertiary/aromatic N) is 5. The van der Waals surface area contributed by atoms with E-state index in [0.717, 1.165) is 36.1 Å². The second-order valence-corrected chi connectivity index (χ2v) is 9.51. The number of likely N-dealkylation sites (tertiary alicyclic amines) is 1. The fraction of sp³-hybridized carbons (Fsp3) is 0.542. The molecule has 4 amide bonds. The molecule has 0 radical (unpaired) electrons. The Labute approximate surface area is 197 Å². The van der Waals surface area contributed by atoms with Crippen LogP contribution in [0.15, 0.2) is 24.3 Å². The van der Waals surface area contributed by atoms with Gasteiger partial charge in [-0.1, -0.05) is 31.4 Å². The molecule has 1 aromatic heterocycles. The summed E-state index contributed by atoms with van der Waals surface area (Å²) in [6.07, 6.45) is 6.16. The van der Waals surface area contributed by atoms with Crippen LogP contribution in [0.3, 0.4) is 0 Å². The van der Waals surface area contributed by atoms with E-state index in [2.05, 4.69) is 15.2 Å². The van der Waals surface area contributed by atoms with Crippen molar-refractivity contribution in [3.8, 4) is 0 Å². The maximum Gasteiger partial charge on any atom is 0.327 e. The molecule has 180 valence electrons. The Morgan fingerprint density at radius 3 is 2.62 bits per heavy atom. The first-order chi connectivity index (χ1) is 16.4. The number of rotatable bonds is 5. The average molecular weight is 469 g/mol. The number of carbonyl (C=O) groups excluding carboxylic acids is 3. The van der Waals surface area contributed by atoms with Crippen molar-refractivity contribution in [1.82, 2.24) is 29.9 Å². The lowest BCUT2D eigenvalue weighted by atomic mass is 9.81. The molecule has 1 saturated carbocycles. The maximum absolute atomic E-state index is 13.2. The minimum atomic E-state index is -0.793. The van der Waals surface area contributed by atoms with Gasteiger partial charge in [0.2, 0.25) is 5.91 Å². The SMILES string of the molecule is CN1C(=O)N(CC(=O)N2CCC[C@@H]2c2n[nH]c(Cc3ccc(F)cc3)n2)C(=O)C12CCCCC2. The van der Waals surface area contributed by atoms with E-state index in [1.54, 1.807) is 29.0 Å². The van der Waals surface area contributed by atoms with Crippen LogP contribution in [-0.4, -0.2) is 73.4 Å². The standard InChI is InChI=1S/C24H29FN6O3/c1-29-23(34)31(22(33)24(29)11-3-2-4-12-24)15-20(32)30-13-5-6-18(30)21-26-19(27-28-21)14-16-7-9-17(25)10-8-16/h7-10,18H,2-6,11-15H2,1H3,(H,26,27,28)/t18-/m1/s1. The van der Waals surface area contributed by atoms with Gasteiger partial charge in [-0.3, -0.25) is 19.6 Å². The number of hydrogen-bond donors (Lipinski definition) is 1. The normalized spacial score (nSPS) is 22.3. The van der Waals surface area contributed by atoms with E-state index >= 15 is 0 Å². The lowest BCUT2D eigenvalue weighted by molar-refractivity contribution is -0.141. The molecule has 3 aliphatic rings. The predicted octanol–water partition coefficient (Wildman–Crippen LogP) is 2.80. The zero-order chi connectivity index (χ0) is 23.9. The maximum atomic E-state index is 13.2. The quantitative estimate of drug-likeness (QED) is 0.680. The largest absolute Gasteiger partial charge is 0.331 e. The third-order valence-corrected chi connectivity index (χ3v) is 7.48. The Kier molecular flexibility index (Phi) is 5.83.